The van der Waals surface area contributed by atoms with Crippen LogP contribution >= 0.6 is 0 Å². The van der Waals surface area contributed by atoms with Gasteiger partial charge in [0.1, 0.15) is 30.0 Å². The summed E-state index contributed by atoms with van der Waals surface area (Å²) < 4.78 is 53.9. The molecular formula is C27H24F3N5O7. The largest absolute Gasteiger partial charge is 0.394 e. The first-order chi connectivity index (χ1) is 20.1. The van der Waals surface area contributed by atoms with E-state index in [0.29, 0.717) is 23.0 Å². The molecule has 2 aromatic heterocycles. The number of rotatable bonds is 5. The Morgan fingerprint density at radius 1 is 1.17 bits per heavy atom. The van der Waals surface area contributed by atoms with Crippen molar-refractivity contribution in [1.82, 2.24) is 25.3 Å². The smallest absolute Gasteiger partial charge is 0.252 e. The van der Waals surface area contributed by atoms with Crippen LogP contribution in [0.1, 0.15) is 22.8 Å². The highest BCUT2D eigenvalue weighted by Crippen LogP contribution is 2.43. The zero-order chi connectivity index (χ0) is 29.8. The van der Waals surface area contributed by atoms with Crippen molar-refractivity contribution in [1.29, 1.82) is 0 Å². The number of pyridine rings is 1. The average Bonchev–Trinajstić information content (AvgIpc) is 3.61. The van der Waals surface area contributed by atoms with E-state index in [2.05, 4.69) is 20.6 Å². The van der Waals surface area contributed by atoms with E-state index >= 15 is 0 Å². The van der Waals surface area contributed by atoms with Crippen LogP contribution in [0.5, 0.6) is 0 Å². The number of fused-ring (bicyclic) bond motifs is 1. The third-order valence-electron chi connectivity index (χ3n) is 7.60. The van der Waals surface area contributed by atoms with Crippen LogP contribution in [0.2, 0.25) is 0 Å². The molecule has 0 unspecified atom stereocenters. The Morgan fingerprint density at radius 3 is 2.64 bits per heavy atom. The molecule has 220 valence electrons. The molecule has 2 saturated heterocycles. The van der Waals surface area contributed by atoms with Gasteiger partial charge in [0, 0.05) is 22.5 Å². The van der Waals surface area contributed by atoms with Crippen LogP contribution in [-0.4, -0.2) is 84.6 Å². The van der Waals surface area contributed by atoms with Crippen LogP contribution in [0.25, 0.3) is 22.2 Å². The number of ether oxygens (including phenoxy) is 2. The first-order valence-electron chi connectivity index (χ1n) is 12.9. The number of nitrogens with one attached hydrogen (secondary N) is 2. The summed E-state index contributed by atoms with van der Waals surface area (Å²) in [7, 11) is 0. The first-order valence-corrected chi connectivity index (χ1v) is 12.9. The number of carbonyl (C=O) groups is 1. The molecule has 2 fully saturated rings. The van der Waals surface area contributed by atoms with Crippen molar-refractivity contribution in [3.05, 3.63) is 82.0 Å². The Morgan fingerprint density at radius 2 is 1.90 bits per heavy atom. The summed E-state index contributed by atoms with van der Waals surface area (Å²) in [5.41, 5.74) is -0.262. The Labute approximate surface area is 234 Å². The fourth-order valence-electron chi connectivity index (χ4n) is 5.57. The minimum absolute atomic E-state index is 0.00975. The third-order valence-corrected chi connectivity index (χ3v) is 7.60. The van der Waals surface area contributed by atoms with Gasteiger partial charge >= 0.3 is 0 Å². The molecule has 4 aromatic rings. The predicted octanol–water partition coefficient (Wildman–Crippen LogP) is 0.773. The topological polar surface area (TPSA) is 172 Å². The number of H-pyrrole nitrogens is 1. The Hall–Kier alpha value is -4.15. The van der Waals surface area contributed by atoms with E-state index in [0.717, 1.165) is 10.7 Å². The minimum Gasteiger partial charge on any atom is -0.394 e. The normalized spacial score (nSPS) is 27.5. The van der Waals surface area contributed by atoms with Crippen LogP contribution in [0.3, 0.4) is 0 Å². The molecule has 1 spiro atoms. The monoisotopic (exact) mass is 587 g/mol. The molecule has 2 aromatic carbocycles. The van der Waals surface area contributed by atoms with Crippen molar-refractivity contribution < 1.29 is 42.8 Å². The number of carbonyl (C=O) groups excluding carboxylic acids is 1. The number of amides is 1. The molecule has 0 aliphatic carbocycles. The number of aliphatic hydroxyl groups excluding tert-OH is 3. The van der Waals surface area contributed by atoms with Crippen molar-refractivity contribution in [2.75, 3.05) is 13.2 Å². The molecule has 4 heterocycles. The zero-order valence-corrected chi connectivity index (χ0v) is 21.6. The molecule has 6 rings (SSSR count). The molecule has 42 heavy (non-hydrogen) atoms. The lowest BCUT2D eigenvalue weighted by atomic mass is 9.86. The number of aromatic nitrogens is 4. The first kappa shape index (κ1) is 28.0. The minimum atomic E-state index is -1.98. The van der Waals surface area contributed by atoms with Gasteiger partial charge in [-0.15, -0.1) is 5.10 Å². The quantitative estimate of drug-likeness (QED) is 0.212. The number of halogens is 3. The van der Waals surface area contributed by atoms with Crippen molar-refractivity contribution in [2.45, 2.75) is 42.6 Å². The summed E-state index contributed by atoms with van der Waals surface area (Å²) in [6.45, 7) is -0.708. The fraction of sp³-hybridized carbons (Fsp3) is 0.333. The highest BCUT2D eigenvalue weighted by atomic mass is 19.2. The lowest BCUT2D eigenvalue weighted by molar-refractivity contribution is -0.344. The van der Waals surface area contributed by atoms with Gasteiger partial charge in [0.05, 0.1) is 31.0 Å². The number of hydrogen-bond donors (Lipinski definition) is 5. The zero-order valence-electron chi connectivity index (χ0n) is 21.6. The fourth-order valence-corrected chi connectivity index (χ4v) is 5.57. The number of aromatic amines is 1. The van der Waals surface area contributed by atoms with Crippen molar-refractivity contribution in [3.63, 3.8) is 0 Å². The molecule has 15 heteroatoms. The highest BCUT2D eigenvalue weighted by molar-refractivity contribution is 6.06. The SMILES string of the molecule is O=C(N[C@@H]1CCO[C@]12O[C@H](CO)[C@H](O)[C@H](n1cc(-c3cc(F)c(F)c(F)c3)nn1)[C@H]2O)c1cc(=O)[nH]c2ccccc12. The van der Waals surface area contributed by atoms with Gasteiger partial charge in [0.2, 0.25) is 11.3 Å². The maximum atomic E-state index is 13.8. The van der Waals surface area contributed by atoms with Gasteiger partial charge in [0.25, 0.3) is 5.91 Å². The molecule has 6 atom stereocenters. The van der Waals surface area contributed by atoms with E-state index < -0.39 is 71.7 Å². The van der Waals surface area contributed by atoms with Crippen molar-refractivity contribution in [2.24, 2.45) is 0 Å². The van der Waals surface area contributed by atoms with Crippen LogP contribution in [0.15, 0.2) is 53.5 Å². The van der Waals surface area contributed by atoms with Gasteiger partial charge in [0.15, 0.2) is 17.5 Å². The maximum Gasteiger partial charge on any atom is 0.252 e. The molecule has 0 saturated carbocycles. The number of para-hydroxylation sites is 1. The third kappa shape index (κ3) is 4.55. The standard InChI is InChI=1S/C27H24F3N5O7/c28-15-7-12(8-16(29)22(15)30)18-10-35(34-33-18)23-24(38)19(11-36)42-27(25(23)39)20(5-6-41-27)32-26(40)14-9-21(37)31-17-4-2-1-3-13(14)17/h1-4,7-10,19-20,23-25,36,38-39H,5-6,11H2,(H,31,37)(H,32,40)/t19-,20-,23+,24+,25-,27+/m1/s1. The van der Waals surface area contributed by atoms with E-state index in [1.807, 2.05) is 0 Å². The molecule has 2 aliphatic heterocycles. The lowest BCUT2D eigenvalue weighted by Crippen LogP contribution is -2.69. The molecule has 12 nitrogen and oxygen atoms in total. The maximum absolute atomic E-state index is 13.8. The van der Waals surface area contributed by atoms with Gasteiger partial charge in [-0.05, 0) is 24.6 Å². The number of nitrogens with zero attached hydrogens (tertiary/aromatic N) is 3. The van der Waals surface area contributed by atoms with Gasteiger partial charge < -0.3 is 35.1 Å². The summed E-state index contributed by atoms with van der Waals surface area (Å²) in [6, 6.07) is 6.85. The second-order valence-corrected chi connectivity index (χ2v) is 10.1. The van der Waals surface area contributed by atoms with Crippen LogP contribution < -0.4 is 10.9 Å². The Bertz CT molecular complexity index is 1710. The molecule has 0 bridgehead atoms. The van der Waals surface area contributed by atoms with E-state index in [9.17, 15) is 38.1 Å². The highest BCUT2D eigenvalue weighted by Gasteiger charge is 2.62. The number of aliphatic hydroxyl groups is 3. The van der Waals surface area contributed by atoms with E-state index in [1.54, 1.807) is 24.3 Å². The summed E-state index contributed by atoms with van der Waals surface area (Å²) in [5, 5.41) is 43.6. The summed E-state index contributed by atoms with van der Waals surface area (Å²) >= 11 is 0. The van der Waals surface area contributed by atoms with E-state index in [-0.39, 0.29) is 29.8 Å². The second kappa shape index (κ2) is 10.6. The van der Waals surface area contributed by atoms with Gasteiger partial charge in [-0.25, -0.2) is 17.9 Å². The van der Waals surface area contributed by atoms with E-state index in [1.165, 1.54) is 6.20 Å². The average molecular weight is 588 g/mol. The van der Waals surface area contributed by atoms with Gasteiger partial charge in [-0.2, -0.15) is 0 Å². The summed E-state index contributed by atoms with van der Waals surface area (Å²) in [6.07, 6.45) is -3.31. The van der Waals surface area contributed by atoms with Crippen LogP contribution in [0, 0.1) is 17.5 Å². The Kier molecular flexibility index (Phi) is 7.06. The molecule has 5 N–H and O–H groups in total. The molecule has 1 amide bonds. The molecule has 2 aliphatic rings. The Balaban J connectivity index is 1.34. The van der Waals surface area contributed by atoms with Crippen molar-refractivity contribution >= 4 is 16.8 Å². The molecular weight excluding hydrogens is 563 g/mol. The number of benzene rings is 2. The van der Waals surface area contributed by atoms with Crippen molar-refractivity contribution in [3.8, 4) is 11.3 Å². The number of hydrogen-bond acceptors (Lipinski definition) is 9. The van der Waals surface area contributed by atoms with Gasteiger partial charge in [-0.1, -0.05) is 23.4 Å². The van der Waals surface area contributed by atoms with E-state index in [4.69, 9.17) is 9.47 Å². The lowest BCUT2D eigenvalue weighted by Gasteiger charge is -2.49. The summed E-state index contributed by atoms with van der Waals surface area (Å²) in [5.74, 6) is -7.19. The molecule has 0 radical (unpaired) electrons. The summed E-state index contributed by atoms with van der Waals surface area (Å²) in [4.78, 5) is 28.3. The van der Waals surface area contributed by atoms with Gasteiger partial charge in [-0.3, -0.25) is 9.59 Å². The van der Waals surface area contributed by atoms with Crippen LogP contribution in [0.4, 0.5) is 13.2 Å². The van der Waals surface area contributed by atoms with Crippen LogP contribution in [-0.2, 0) is 9.47 Å². The second-order valence-electron chi connectivity index (χ2n) is 10.1. The predicted molar refractivity (Wildman–Crippen MR) is 137 cm³/mol.